The number of rotatable bonds is 3. The van der Waals surface area contributed by atoms with Gasteiger partial charge in [-0.1, -0.05) is 48.0 Å². The molecule has 1 atom stereocenters. The number of nitrogens with zero attached hydrogens (tertiary/aromatic N) is 1. The van der Waals surface area contributed by atoms with Crippen molar-refractivity contribution in [2.24, 2.45) is 0 Å². The van der Waals surface area contributed by atoms with Crippen LogP contribution < -0.4 is 10.6 Å². The minimum absolute atomic E-state index is 0.377. The normalized spacial score (nSPS) is 11.2. The van der Waals surface area contributed by atoms with Crippen molar-refractivity contribution < 1.29 is 0 Å². The van der Waals surface area contributed by atoms with Crippen LogP contribution in [0, 0.1) is 11.3 Å². The second kappa shape index (κ2) is 6.90. The van der Waals surface area contributed by atoms with E-state index in [4.69, 9.17) is 23.8 Å². The van der Waals surface area contributed by atoms with E-state index in [1.54, 1.807) is 12.1 Å². The van der Waals surface area contributed by atoms with Crippen LogP contribution in [0.3, 0.4) is 0 Å². The van der Waals surface area contributed by atoms with Crippen molar-refractivity contribution in [3.63, 3.8) is 0 Å². The number of hydrogen-bond donors (Lipinski definition) is 2. The molecule has 3 nitrogen and oxygen atoms in total. The molecule has 0 radical (unpaired) electrons. The lowest BCUT2D eigenvalue weighted by Gasteiger charge is -2.15. The third-order valence-corrected chi connectivity index (χ3v) is 3.07. The third kappa shape index (κ3) is 3.95. The number of nitriles is 1. The lowest BCUT2D eigenvalue weighted by Crippen LogP contribution is -2.31. The molecule has 0 heterocycles. The van der Waals surface area contributed by atoms with E-state index in [0.29, 0.717) is 10.1 Å². The summed E-state index contributed by atoms with van der Waals surface area (Å²) in [4.78, 5) is 0. The maximum Gasteiger partial charge on any atom is 0.172 e. The second-order valence-corrected chi connectivity index (χ2v) is 4.93. The summed E-state index contributed by atoms with van der Waals surface area (Å²) in [6.45, 7) is 0. The summed E-state index contributed by atoms with van der Waals surface area (Å²) < 4.78 is 0. The van der Waals surface area contributed by atoms with E-state index in [-0.39, 0.29) is 0 Å². The lowest BCUT2D eigenvalue weighted by molar-refractivity contribution is 0.812. The number of thiocarbonyl (C=S) groups is 1. The highest BCUT2D eigenvalue weighted by molar-refractivity contribution is 7.80. The minimum atomic E-state index is -0.490. The van der Waals surface area contributed by atoms with Crippen molar-refractivity contribution in [3.05, 3.63) is 65.2 Å². The van der Waals surface area contributed by atoms with Gasteiger partial charge in [-0.25, -0.2) is 0 Å². The Morgan fingerprint density at radius 3 is 2.55 bits per heavy atom. The van der Waals surface area contributed by atoms with E-state index >= 15 is 0 Å². The van der Waals surface area contributed by atoms with Gasteiger partial charge in [0.2, 0.25) is 0 Å². The van der Waals surface area contributed by atoms with Gasteiger partial charge in [0, 0.05) is 10.7 Å². The topological polar surface area (TPSA) is 47.9 Å². The quantitative estimate of drug-likeness (QED) is 0.844. The van der Waals surface area contributed by atoms with Gasteiger partial charge in [0.05, 0.1) is 6.07 Å². The Morgan fingerprint density at radius 1 is 1.15 bits per heavy atom. The fraction of sp³-hybridized carbons (Fsp3) is 0.0667. The SMILES string of the molecule is N#CC(NC(=S)Nc1cccc(Cl)c1)c1ccccc1. The minimum Gasteiger partial charge on any atom is -0.343 e. The highest BCUT2D eigenvalue weighted by Crippen LogP contribution is 2.16. The van der Waals surface area contributed by atoms with Crippen LogP contribution in [0.4, 0.5) is 5.69 Å². The zero-order valence-electron chi connectivity index (χ0n) is 10.5. The van der Waals surface area contributed by atoms with Gasteiger partial charge in [-0.15, -0.1) is 0 Å². The zero-order chi connectivity index (χ0) is 14.4. The molecule has 2 rings (SSSR count). The summed E-state index contributed by atoms with van der Waals surface area (Å²) in [7, 11) is 0. The Hall–Kier alpha value is -2.09. The first-order valence-corrected chi connectivity index (χ1v) is 6.75. The molecule has 0 amide bonds. The van der Waals surface area contributed by atoms with Gasteiger partial charge >= 0.3 is 0 Å². The molecule has 0 aliphatic rings. The monoisotopic (exact) mass is 301 g/mol. The molecule has 2 N–H and O–H groups in total. The first-order chi connectivity index (χ1) is 9.69. The molecule has 0 aliphatic carbocycles. The van der Waals surface area contributed by atoms with E-state index in [2.05, 4.69) is 16.7 Å². The molecule has 0 fully saturated rings. The van der Waals surface area contributed by atoms with Crippen molar-refractivity contribution in [3.8, 4) is 6.07 Å². The molecule has 20 heavy (non-hydrogen) atoms. The molecule has 0 spiro atoms. The smallest absolute Gasteiger partial charge is 0.172 e. The molecule has 1 unspecified atom stereocenters. The van der Waals surface area contributed by atoms with E-state index in [9.17, 15) is 5.26 Å². The van der Waals surface area contributed by atoms with Crippen molar-refractivity contribution in [1.82, 2.24) is 5.32 Å². The van der Waals surface area contributed by atoms with Crippen LogP contribution in [0.25, 0.3) is 0 Å². The van der Waals surface area contributed by atoms with Gasteiger partial charge in [-0.05, 0) is 36.0 Å². The van der Waals surface area contributed by atoms with Gasteiger partial charge in [-0.2, -0.15) is 5.26 Å². The summed E-state index contributed by atoms with van der Waals surface area (Å²) in [5.74, 6) is 0. The fourth-order valence-corrected chi connectivity index (χ4v) is 2.13. The van der Waals surface area contributed by atoms with Gasteiger partial charge in [0.1, 0.15) is 6.04 Å². The van der Waals surface area contributed by atoms with Gasteiger partial charge in [-0.3, -0.25) is 0 Å². The van der Waals surface area contributed by atoms with Crippen LogP contribution in [0.5, 0.6) is 0 Å². The lowest BCUT2D eigenvalue weighted by atomic mass is 10.1. The maximum absolute atomic E-state index is 9.22. The summed E-state index contributed by atoms with van der Waals surface area (Å²) in [5, 5.41) is 16.2. The van der Waals surface area contributed by atoms with Gasteiger partial charge < -0.3 is 10.6 Å². The van der Waals surface area contributed by atoms with E-state index in [1.807, 2.05) is 42.5 Å². The number of hydrogen-bond acceptors (Lipinski definition) is 2. The number of nitrogens with one attached hydrogen (secondary N) is 2. The van der Waals surface area contributed by atoms with Crippen molar-refractivity contribution in [1.29, 1.82) is 5.26 Å². The predicted octanol–water partition coefficient (Wildman–Crippen LogP) is 3.89. The number of halogens is 1. The molecule has 0 saturated carbocycles. The largest absolute Gasteiger partial charge is 0.343 e. The molecular weight excluding hydrogens is 290 g/mol. The first kappa shape index (κ1) is 14.3. The molecule has 0 aromatic heterocycles. The van der Waals surface area contributed by atoms with Gasteiger partial charge in [0.15, 0.2) is 5.11 Å². The Morgan fingerprint density at radius 2 is 1.90 bits per heavy atom. The zero-order valence-corrected chi connectivity index (χ0v) is 12.1. The fourth-order valence-electron chi connectivity index (χ4n) is 1.70. The standard InChI is InChI=1S/C15H12ClN3S/c16-12-7-4-8-13(9-12)18-15(20)19-14(10-17)11-5-2-1-3-6-11/h1-9,14H,(H2,18,19,20). The Kier molecular flexibility index (Phi) is 4.94. The highest BCUT2D eigenvalue weighted by atomic mass is 35.5. The van der Waals surface area contributed by atoms with Crippen LogP contribution in [0.2, 0.25) is 5.02 Å². The van der Waals surface area contributed by atoms with Crippen molar-refractivity contribution in [2.45, 2.75) is 6.04 Å². The van der Waals surface area contributed by atoms with E-state index < -0.39 is 6.04 Å². The molecule has 0 aliphatic heterocycles. The van der Waals surface area contributed by atoms with Crippen molar-refractivity contribution in [2.75, 3.05) is 5.32 Å². The Bertz CT molecular complexity index is 637. The average Bonchev–Trinajstić information content (AvgIpc) is 2.45. The summed E-state index contributed by atoms with van der Waals surface area (Å²) in [6.07, 6.45) is 0. The highest BCUT2D eigenvalue weighted by Gasteiger charge is 2.11. The molecule has 2 aromatic carbocycles. The van der Waals surface area contributed by atoms with Crippen LogP contribution in [-0.4, -0.2) is 5.11 Å². The van der Waals surface area contributed by atoms with E-state index in [0.717, 1.165) is 11.3 Å². The number of anilines is 1. The Labute approximate surface area is 128 Å². The van der Waals surface area contributed by atoms with Gasteiger partial charge in [0.25, 0.3) is 0 Å². The molecule has 0 saturated heterocycles. The van der Waals surface area contributed by atoms with Crippen LogP contribution in [0.15, 0.2) is 54.6 Å². The molecule has 5 heteroatoms. The third-order valence-electron chi connectivity index (χ3n) is 2.62. The average molecular weight is 302 g/mol. The molecule has 0 bridgehead atoms. The summed E-state index contributed by atoms with van der Waals surface area (Å²) >= 11 is 11.1. The van der Waals surface area contributed by atoms with Crippen LogP contribution >= 0.6 is 23.8 Å². The molecular formula is C15H12ClN3S. The summed E-state index contributed by atoms with van der Waals surface area (Å²) in [5.41, 5.74) is 1.64. The Balaban J connectivity index is 2.02. The summed E-state index contributed by atoms with van der Waals surface area (Å²) in [6, 6.07) is 18.3. The second-order valence-electron chi connectivity index (χ2n) is 4.08. The predicted molar refractivity (Wildman–Crippen MR) is 85.6 cm³/mol. The van der Waals surface area contributed by atoms with Crippen LogP contribution in [0.1, 0.15) is 11.6 Å². The molecule has 100 valence electrons. The van der Waals surface area contributed by atoms with Crippen molar-refractivity contribution >= 4 is 34.6 Å². The maximum atomic E-state index is 9.22. The van der Waals surface area contributed by atoms with Crippen LogP contribution in [-0.2, 0) is 0 Å². The number of benzene rings is 2. The van der Waals surface area contributed by atoms with E-state index in [1.165, 1.54) is 0 Å². The molecule has 2 aromatic rings. The first-order valence-electron chi connectivity index (χ1n) is 5.96.